The van der Waals surface area contributed by atoms with Crippen LogP contribution in [0.15, 0.2) is 85.2 Å². The summed E-state index contributed by atoms with van der Waals surface area (Å²) >= 11 is 0. The SMILES string of the molecule is CC[n+]1ccccc1-c1c2nc(c(-c3cccc[n+]3CC)c3ccc(cc4nc(cc5ccc1[nH]5)C=C4)[nH]3)C=C2. The van der Waals surface area contributed by atoms with Gasteiger partial charge in [0.15, 0.2) is 12.4 Å². The van der Waals surface area contributed by atoms with Crippen molar-refractivity contribution >= 4 is 46.4 Å². The highest BCUT2D eigenvalue weighted by Gasteiger charge is 2.22. The standard InChI is InChI=1S/C34H29N6/c1-3-39-19-7-5-9-31(39)33-27-15-13-25(36-27)21-23-11-12-24(35-23)22-26-14-16-28(37-26)34(30-18-17-29(33)38-30)32-10-6-8-20-40(32)4-2/h5-22H,3-4H2,1-2H3,(H,35,36,37,38)/q+1/p+1. The number of aromatic amines is 2. The van der Waals surface area contributed by atoms with Crippen molar-refractivity contribution in [3.05, 3.63) is 108 Å². The summed E-state index contributed by atoms with van der Waals surface area (Å²) in [4.78, 5) is 17.4. The van der Waals surface area contributed by atoms with Gasteiger partial charge in [-0.15, -0.1) is 0 Å². The molecule has 5 aromatic heterocycles. The van der Waals surface area contributed by atoms with Crippen molar-refractivity contribution in [2.75, 3.05) is 0 Å². The monoisotopic (exact) mass is 522 g/mol. The molecule has 5 aromatic rings. The summed E-state index contributed by atoms with van der Waals surface area (Å²) in [6.07, 6.45) is 12.6. The Labute approximate surface area is 232 Å². The van der Waals surface area contributed by atoms with Crippen molar-refractivity contribution in [2.45, 2.75) is 26.9 Å². The first-order valence-electron chi connectivity index (χ1n) is 13.8. The molecule has 2 N–H and O–H groups in total. The van der Waals surface area contributed by atoms with Gasteiger partial charge in [-0.1, -0.05) is 0 Å². The second-order valence-corrected chi connectivity index (χ2v) is 9.95. The second kappa shape index (κ2) is 9.89. The summed E-state index contributed by atoms with van der Waals surface area (Å²) in [7, 11) is 0. The van der Waals surface area contributed by atoms with Gasteiger partial charge in [0.1, 0.15) is 13.1 Å². The number of pyridine rings is 2. The average molecular weight is 523 g/mol. The van der Waals surface area contributed by atoms with E-state index in [0.29, 0.717) is 0 Å². The molecule has 40 heavy (non-hydrogen) atoms. The Bertz CT molecular complexity index is 1850. The largest absolute Gasteiger partial charge is 0.355 e. The zero-order chi connectivity index (χ0) is 27.1. The zero-order valence-electron chi connectivity index (χ0n) is 22.6. The maximum absolute atomic E-state index is 5.31. The average Bonchev–Trinajstić information content (AvgIpc) is 3.80. The summed E-state index contributed by atoms with van der Waals surface area (Å²) in [5.74, 6) is 0. The number of hydrogen-bond donors (Lipinski definition) is 2. The molecule has 7 rings (SSSR count). The van der Waals surface area contributed by atoms with Crippen LogP contribution in [0.5, 0.6) is 0 Å². The third kappa shape index (κ3) is 4.24. The molecule has 0 atom stereocenters. The molecule has 2 aliphatic rings. The highest BCUT2D eigenvalue weighted by atomic mass is 15.0. The van der Waals surface area contributed by atoms with Crippen LogP contribution in [0.1, 0.15) is 36.6 Å². The van der Waals surface area contributed by atoms with E-state index in [-0.39, 0.29) is 0 Å². The van der Waals surface area contributed by atoms with Crippen LogP contribution in [0, 0.1) is 0 Å². The Morgan fingerprint density at radius 2 is 1.07 bits per heavy atom. The molecule has 0 radical (unpaired) electrons. The van der Waals surface area contributed by atoms with Crippen molar-refractivity contribution < 1.29 is 9.13 Å². The van der Waals surface area contributed by atoms with Gasteiger partial charge in [-0.25, -0.2) is 9.97 Å². The minimum absolute atomic E-state index is 0.854. The van der Waals surface area contributed by atoms with Gasteiger partial charge < -0.3 is 9.97 Å². The van der Waals surface area contributed by atoms with Crippen molar-refractivity contribution in [2.24, 2.45) is 0 Å². The number of aryl methyl sites for hydroxylation is 2. The van der Waals surface area contributed by atoms with Crippen molar-refractivity contribution in [3.63, 3.8) is 0 Å². The van der Waals surface area contributed by atoms with E-state index in [1.54, 1.807) is 0 Å². The van der Waals surface area contributed by atoms with Gasteiger partial charge in [-0.3, -0.25) is 0 Å². The van der Waals surface area contributed by atoms with Crippen LogP contribution in [-0.2, 0) is 13.1 Å². The molecular weight excluding hydrogens is 492 g/mol. The topological polar surface area (TPSA) is 65.1 Å². The molecule has 2 aliphatic heterocycles. The lowest BCUT2D eigenvalue weighted by atomic mass is 10.1. The molecule has 194 valence electrons. The molecule has 0 spiro atoms. The van der Waals surface area contributed by atoms with Gasteiger partial charge in [-0.2, -0.15) is 9.13 Å². The number of fused-ring (bicyclic) bond motifs is 8. The third-order valence-electron chi connectivity index (χ3n) is 7.47. The zero-order valence-corrected chi connectivity index (χ0v) is 22.6. The number of aromatic nitrogens is 6. The predicted octanol–water partition coefficient (Wildman–Crippen LogP) is 6.60. The van der Waals surface area contributed by atoms with Gasteiger partial charge in [-0.05, 0) is 86.7 Å². The first kappa shape index (κ1) is 24.0. The summed E-state index contributed by atoms with van der Waals surface area (Å²) in [5.41, 5.74) is 12.0. The molecule has 6 heteroatoms. The molecule has 8 bridgehead atoms. The van der Waals surface area contributed by atoms with Crippen LogP contribution in [-0.4, -0.2) is 19.9 Å². The minimum atomic E-state index is 0.854. The molecule has 0 unspecified atom stereocenters. The Morgan fingerprint density at radius 3 is 1.55 bits per heavy atom. The fourth-order valence-electron chi connectivity index (χ4n) is 5.57. The van der Waals surface area contributed by atoms with E-state index in [4.69, 9.17) is 9.97 Å². The molecule has 6 nitrogen and oxygen atoms in total. The highest BCUT2D eigenvalue weighted by Crippen LogP contribution is 2.32. The number of H-pyrrole nitrogens is 2. The lowest BCUT2D eigenvalue weighted by molar-refractivity contribution is -0.682. The van der Waals surface area contributed by atoms with Crippen LogP contribution >= 0.6 is 0 Å². The number of rotatable bonds is 4. The van der Waals surface area contributed by atoms with Crippen LogP contribution in [0.4, 0.5) is 0 Å². The van der Waals surface area contributed by atoms with Gasteiger partial charge >= 0.3 is 0 Å². The highest BCUT2D eigenvalue weighted by molar-refractivity contribution is 5.93. The van der Waals surface area contributed by atoms with Gasteiger partial charge in [0.05, 0.1) is 44.9 Å². The van der Waals surface area contributed by atoms with E-state index in [0.717, 1.165) is 80.4 Å². The van der Waals surface area contributed by atoms with E-state index < -0.39 is 0 Å². The van der Waals surface area contributed by atoms with Crippen LogP contribution in [0.3, 0.4) is 0 Å². The van der Waals surface area contributed by atoms with Crippen molar-refractivity contribution in [1.82, 2.24) is 19.9 Å². The molecule has 7 heterocycles. The second-order valence-electron chi connectivity index (χ2n) is 9.95. The number of nitrogens with zero attached hydrogens (tertiary/aromatic N) is 4. The van der Waals surface area contributed by atoms with Crippen LogP contribution in [0.2, 0.25) is 0 Å². The smallest absolute Gasteiger partial charge is 0.216 e. The lowest BCUT2D eigenvalue weighted by Crippen LogP contribution is -2.34. The minimum Gasteiger partial charge on any atom is -0.355 e. The van der Waals surface area contributed by atoms with Crippen molar-refractivity contribution in [1.29, 1.82) is 0 Å². The first-order valence-corrected chi connectivity index (χ1v) is 13.8. The molecule has 0 fully saturated rings. The van der Waals surface area contributed by atoms with E-state index in [1.807, 2.05) is 0 Å². The molecule has 0 amide bonds. The van der Waals surface area contributed by atoms with Gasteiger partial charge in [0.2, 0.25) is 11.4 Å². The number of hydrogen-bond acceptors (Lipinski definition) is 2. The Balaban J connectivity index is 1.65. The van der Waals surface area contributed by atoms with E-state index in [9.17, 15) is 0 Å². The van der Waals surface area contributed by atoms with E-state index in [2.05, 4.69) is 142 Å². The third-order valence-corrected chi connectivity index (χ3v) is 7.47. The normalized spacial score (nSPS) is 12.2. The first-order chi connectivity index (χ1) is 19.7. The van der Waals surface area contributed by atoms with E-state index in [1.165, 1.54) is 0 Å². The maximum atomic E-state index is 5.31. The fourth-order valence-corrected chi connectivity index (χ4v) is 5.57. The Kier molecular flexibility index (Phi) is 5.93. The molecule has 0 saturated carbocycles. The van der Waals surface area contributed by atoms with Gasteiger partial charge in [0.25, 0.3) is 0 Å². The quantitative estimate of drug-likeness (QED) is 0.256. The van der Waals surface area contributed by atoms with E-state index >= 15 is 0 Å². The molecule has 0 aromatic carbocycles. The summed E-state index contributed by atoms with van der Waals surface area (Å²) in [6.45, 7) is 6.04. The molecule has 0 saturated heterocycles. The van der Waals surface area contributed by atoms with Crippen molar-refractivity contribution in [3.8, 4) is 22.5 Å². The Morgan fingerprint density at radius 1 is 0.575 bits per heavy atom. The Hall–Kier alpha value is -5.10. The maximum Gasteiger partial charge on any atom is 0.216 e. The fraction of sp³-hybridized carbons (Fsp3) is 0.118. The predicted molar refractivity (Wildman–Crippen MR) is 161 cm³/mol. The summed E-state index contributed by atoms with van der Waals surface area (Å²) < 4.78 is 4.52. The summed E-state index contributed by atoms with van der Waals surface area (Å²) in [6, 6.07) is 25.3. The molecular formula is C34H30N6+2. The lowest BCUT2D eigenvalue weighted by Gasteiger charge is -2.05. The van der Waals surface area contributed by atoms with Gasteiger partial charge in [0, 0.05) is 35.3 Å². The molecule has 0 aliphatic carbocycles. The van der Waals surface area contributed by atoms with Crippen LogP contribution < -0.4 is 9.13 Å². The summed E-state index contributed by atoms with van der Waals surface area (Å²) in [5, 5.41) is 0. The van der Waals surface area contributed by atoms with Crippen LogP contribution in [0.25, 0.3) is 68.9 Å². The number of nitrogens with one attached hydrogen (secondary N) is 2.